The molecular formula is C10H6N2O3. The van der Waals surface area contributed by atoms with Crippen LogP contribution in [0.1, 0.15) is 5.56 Å². The van der Waals surface area contributed by atoms with Crippen molar-refractivity contribution in [3.05, 3.63) is 33.9 Å². The van der Waals surface area contributed by atoms with Gasteiger partial charge in [0.2, 0.25) is 0 Å². The van der Waals surface area contributed by atoms with Crippen molar-refractivity contribution in [1.82, 2.24) is 0 Å². The van der Waals surface area contributed by atoms with E-state index < -0.39 is 4.92 Å². The molecule has 74 valence electrons. The molecule has 1 aromatic carbocycles. The van der Waals surface area contributed by atoms with Gasteiger partial charge in [0.15, 0.2) is 0 Å². The largest absolute Gasteiger partial charge is 0.481 e. The van der Waals surface area contributed by atoms with Gasteiger partial charge < -0.3 is 4.74 Å². The maximum atomic E-state index is 10.5. The molecule has 0 aromatic heterocycles. The summed E-state index contributed by atoms with van der Waals surface area (Å²) in [6.45, 7) is 0.0582. The van der Waals surface area contributed by atoms with Gasteiger partial charge in [0.1, 0.15) is 24.0 Å². The van der Waals surface area contributed by atoms with Crippen LogP contribution in [0.2, 0.25) is 0 Å². The molecule has 0 aliphatic carbocycles. The fraction of sp³-hybridized carbons (Fsp3) is 0.100. The summed E-state index contributed by atoms with van der Waals surface area (Å²) in [7, 11) is 0. The zero-order valence-electron chi connectivity index (χ0n) is 7.64. The van der Waals surface area contributed by atoms with Gasteiger partial charge in [0.25, 0.3) is 5.69 Å². The van der Waals surface area contributed by atoms with E-state index in [1.165, 1.54) is 18.2 Å². The number of nitro benzene ring substituents is 1. The first-order chi connectivity index (χ1) is 7.19. The molecule has 0 spiro atoms. The highest BCUT2D eigenvalue weighted by Crippen LogP contribution is 2.22. The van der Waals surface area contributed by atoms with E-state index in [2.05, 4.69) is 5.92 Å². The zero-order valence-corrected chi connectivity index (χ0v) is 7.64. The van der Waals surface area contributed by atoms with E-state index in [9.17, 15) is 10.1 Å². The van der Waals surface area contributed by atoms with Crippen molar-refractivity contribution < 1.29 is 9.66 Å². The smallest absolute Gasteiger partial charge is 0.287 e. The van der Waals surface area contributed by atoms with Crippen molar-refractivity contribution in [2.45, 2.75) is 0 Å². The Morgan fingerprint density at radius 3 is 2.87 bits per heavy atom. The normalized spacial score (nSPS) is 8.67. The molecule has 0 unspecified atom stereocenters. The van der Waals surface area contributed by atoms with Gasteiger partial charge in [-0.05, 0) is 6.07 Å². The van der Waals surface area contributed by atoms with E-state index in [4.69, 9.17) is 16.4 Å². The van der Waals surface area contributed by atoms with Gasteiger partial charge in [0, 0.05) is 12.1 Å². The molecule has 0 radical (unpaired) electrons. The Bertz CT molecular complexity index is 469. The molecule has 0 aliphatic rings. The van der Waals surface area contributed by atoms with E-state index in [0.717, 1.165) is 0 Å². The Morgan fingerprint density at radius 1 is 1.60 bits per heavy atom. The van der Waals surface area contributed by atoms with E-state index in [1.54, 1.807) is 6.07 Å². The van der Waals surface area contributed by atoms with Crippen LogP contribution in [0.4, 0.5) is 5.69 Å². The molecule has 0 atom stereocenters. The number of nitrogens with zero attached hydrogens (tertiary/aromatic N) is 2. The van der Waals surface area contributed by atoms with Gasteiger partial charge in [-0.25, -0.2) is 0 Å². The van der Waals surface area contributed by atoms with Crippen LogP contribution in [0.5, 0.6) is 5.75 Å². The highest BCUT2D eigenvalue weighted by molar-refractivity contribution is 5.52. The van der Waals surface area contributed by atoms with Gasteiger partial charge in [0.05, 0.1) is 4.92 Å². The summed E-state index contributed by atoms with van der Waals surface area (Å²) in [5.41, 5.74) is -0.292. The van der Waals surface area contributed by atoms with Crippen LogP contribution in [0.15, 0.2) is 18.2 Å². The van der Waals surface area contributed by atoms with Crippen LogP contribution >= 0.6 is 0 Å². The lowest BCUT2D eigenvalue weighted by molar-refractivity contribution is -0.385. The Labute approximate surface area is 86.0 Å². The number of rotatable bonds is 3. The fourth-order valence-corrected chi connectivity index (χ4v) is 0.979. The molecule has 0 amide bonds. The molecule has 0 aliphatic heterocycles. The minimum Gasteiger partial charge on any atom is -0.481 e. The second kappa shape index (κ2) is 4.64. The lowest BCUT2D eigenvalue weighted by atomic mass is 10.2. The Balaban J connectivity index is 3.05. The highest BCUT2D eigenvalue weighted by atomic mass is 16.6. The van der Waals surface area contributed by atoms with Crippen molar-refractivity contribution in [2.24, 2.45) is 0 Å². The molecule has 5 heteroatoms. The number of hydrogen-bond acceptors (Lipinski definition) is 4. The quantitative estimate of drug-likeness (QED) is 0.422. The second-order valence-electron chi connectivity index (χ2n) is 2.54. The third kappa shape index (κ3) is 2.45. The summed E-state index contributed by atoms with van der Waals surface area (Å²) in [5, 5.41) is 19.2. The summed E-state index contributed by atoms with van der Waals surface area (Å²) in [4.78, 5) is 9.87. The summed E-state index contributed by atoms with van der Waals surface area (Å²) in [6, 6.07) is 5.62. The molecule has 0 N–H and O–H groups in total. The van der Waals surface area contributed by atoms with Crippen LogP contribution < -0.4 is 4.74 Å². The maximum absolute atomic E-state index is 10.5. The standard InChI is InChI=1S/C10H6N2O3/c1-2-5-15-9-3-4-10(12(13)14)8(6-9)7-11/h1,3-4,6H,5H2. The summed E-state index contributed by atoms with van der Waals surface area (Å²) in [6.07, 6.45) is 4.98. The average molecular weight is 202 g/mol. The van der Waals surface area contributed by atoms with Crippen molar-refractivity contribution in [3.8, 4) is 24.2 Å². The van der Waals surface area contributed by atoms with Crippen molar-refractivity contribution in [3.63, 3.8) is 0 Å². The third-order valence-electron chi connectivity index (χ3n) is 1.61. The molecule has 0 saturated carbocycles. The third-order valence-corrected chi connectivity index (χ3v) is 1.61. The van der Waals surface area contributed by atoms with E-state index >= 15 is 0 Å². The van der Waals surface area contributed by atoms with Crippen LogP contribution in [-0.4, -0.2) is 11.5 Å². The number of nitriles is 1. The predicted octanol–water partition coefficient (Wildman–Crippen LogP) is 1.48. The fourth-order valence-electron chi connectivity index (χ4n) is 0.979. The maximum Gasteiger partial charge on any atom is 0.287 e. The van der Waals surface area contributed by atoms with Crippen LogP contribution in [0.3, 0.4) is 0 Å². The number of nitro groups is 1. The van der Waals surface area contributed by atoms with Gasteiger partial charge in [-0.3, -0.25) is 10.1 Å². The monoisotopic (exact) mass is 202 g/mol. The van der Waals surface area contributed by atoms with Crippen LogP contribution in [0.25, 0.3) is 0 Å². The predicted molar refractivity (Wildman–Crippen MR) is 52.1 cm³/mol. The van der Waals surface area contributed by atoms with E-state index in [1.807, 2.05) is 0 Å². The van der Waals surface area contributed by atoms with Crippen LogP contribution in [0, 0.1) is 33.8 Å². The molecule has 15 heavy (non-hydrogen) atoms. The second-order valence-corrected chi connectivity index (χ2v) is 2.54. The van der Waals surface area contributed by atoms with Crippen molar-refractivity contribution in [1.29, 1.82) is 5.26 Å². The summed E-state index contributed by atoms with van der Waals surface area (Å²) < 4.78 is 5.02. The molecular weight excluding hydrogens is 196 g/mol. The van der Waals surface area contributed by atoms with Crippen molar-refractivity contribution in [2.75, 3.05) is 6.61 Å². The SMILES string of the molecule is C#CCOc1ccc([N+](=O)[O-])c(C#N)c1. The molecule has 0 bridgehead atoms. The lowest BCUT2D eigenvalue weighted by Crippen LogP contribution is -1.96. The average Bonchev–Trinajstić information content (AvgIpc) is 2.25. The van der Waals surface area contributed by atoms with Gasteiger partial charge in [-0.2, -0.15) is 5.26 Å². The minimum atomic E-state index is -0.622. The molecule has 1 aromatic rings. The molecule has 0 saturated heterocycles. The molecule has 0 heterocycles. The van der Waals surface area contributed by atoms with E-state index in [-0.39, 0.29) is 17.9 Å². The Kier molecular flexibility index (Phi) is 3.26. The molecule has 1 rings (SSSR count). The summed E-state index contributed by atoms with van der Waals surface area (Å²) >= 11 is 0. The minimum absolute atomic E-state index is 0.0467. The Morgan fingerprint density at radius 2 is 2.33 bits per heavy atom. The number of terminal acetylenes is 1. The number of benzene rings is 1. The first-order valence-electron chi connectivity index (χ1n) is 3.94. The zero-order chi connectivity index (χ0) is 11.3. The Hall–Kier alpha value is -2.53. The number of hydrogen-bond donors (Lipinski definition) is 0. The van der Waals surface area contributed by atoms with Crippen LogP contribution in [-0.2, 0) is 0 Å². The molecule has 0 fully saturated rings. The first-order valence-corrected chi connectivity index (χ1v) is 3.94. The van der Waals surface area contributed by atoms with Gasteiger partial charge >= 0.3 is 0 Å². The number of ether oxygens (including phenoxy) is 1. The highest BCUT2D eigenvalue weighted by Gasteiger charge is 2.13. The molecule has 5 nitrogen and oxygen atoms in total. The van der Waals surface area contributed by atoms with Gasteiger partial charge in [-0.1, -0.05) is 5.92 Å². The van der Waals surface area contributed by atoms with Crippen molar-refractivity contribution >= 4 is 5.69 Å². The topological polar surface area (TPSA) is 76.2 Å². The lowest BCUT2D eigenvalue weighted by Gasteiger charge is -2.01. The summed E-state index contributed by atoms with van der Waals surface area (Å²) in [5.74, 6) is 2.59. The first kappa shape index (κ1) is 10.6. The van der Waals surface area contributed by atoms with E-state index in [0.29, 0.717) is 5.75 Å². The van der Waals surface area contributed by atoms with Gasteiger partial charge in [-0.15, -0.1) is 6.42 Å².